The van der Waals surface area contributed by atoms with Gasteiger partial charge in [-0.15, -0.1) is 0 Å². The fourth-order valence-corrected chi connectivity index (χ4v) is 3.66. The molecule has 1 heterocycles. The lowest BCUT2D eigenvalue weighted by atomic mass is 10.0. The molecule has 0 aliphatic heterocycles. The van der Waals surface area contributed by atoms with Crippen molar-refractivity contribution in [1.29, 1.82) is 5.26 Å². The molecule has 150 valence electrons. The highest BCUT2D eigenvalue weighted by Gasteiger charge is 2.31. The SMILES string of the molecule is Cc1c(Br)cnc(N(C)c2ccc(-c3ccccc3C#N)cc2)c1NC(=O)C1CC1. The van der Waals surface area contributed by atoms with Gasteiger partial charge in [-0.3, -0.25) is 4.79 Å². The second-order valence-electron chi connectivity index (χ2n) is 7.46. The Morgan fingerprint density at radius 2 is 1.90 bits per heavy atom. The Bertz CT molecular complexity index is 1150. The van der Waals surface area contributed by atoms with Gasteiger partial charge in [0.2, 0.25) is 5.91 Å². The predicted molar refractivity (Wildman–Crippen MR) is 123 cm³/mol. The van der Waals surface area contributed by atoms with Gasteiger partial charge in [-0.1, -0.05) is 30.3 Å². The van der Waals surface area contributed by atoms with E-state index in [0.717, 1.165) is 45.4 Å². The molecule has 6 heteroatoms. The molecule has 1 aliphatic carbocycles. The molecule has 4 rings (SSSR count). The van der Waals surface area contributed by atoms with Crippen LogP contribution in [0, 0.1) is 24.2 Å². The lowest BCUT2D eigenvalue weighted by Crippen LogP contribution is -2.19. The highest BCUT2D eigenvalue weighted by atomic mass is 79.9. The third-order valence-electron chi connectivity index (χ3n) is 5.38. The summed E-state index contributed by atoms with van der Waals surface area (Å²) >= 11 is 3.52. The third kappa shape index (κ3) is 3.94. The number of pyridine rings is 1. The lowest BCUT2D eigenvalue weighted by molar-refractivity contribution is -0.117. The maximum absolute atomic E-state index is 12.4. The van der Waals surface area contributed by atoms with Crippen molar-refractivity contribution in [3.05, 3.63) is 70.3 Å². The van der Waals surface area contributed by atoms with Crippen molar-refractivity contribution in [2.45, 2.75) is 19.8 Å². The molecule has 1 fully saturated rings. The minimum absolute atomic E-state index is 0.0520. The quantitative estimate of drug-likeness (QED) is 0.521. The standard InChI is InChI=1S/C24H21BrN4O/c1-15-21(25)14-27-23(22(15)28-24(30)17-7-8-17)29(2)19-11-9-16(10-12-19)20-6-4-3-5-18(20)13-26/h3-6,9-12,14,17H,7-8H2,1-2H3,(H,28,30). The summed E-state index contributed by atoms with van der Waals surface area (Å²) < 4.78 is 0.856. The lowest BCUT2D eigenvalue weighted by Gasteiger charge is -2.23. The molecular weight excluding hydrogens is 440 g/mol. The van der Waals surface area contributed by atoms with Crippen molar-refractivity contribution < 1.29 is 4.79 Å². The van der Waals surface area contributed by atoms with Crippen molar-refractivity contribution in [3.63, 3.8) is 0 Å². The van der Waals surface area contributed by atoms with Crippen LogP contribution < -0.4 is 10.2 Å². The molecule has 3 aromatic rings. The minimum atomic E-state index is 0.0520. The summed E-state index contributed by atoms with van der Waals surface area (Å²) in [7, 11) is 1.93. The maximum atomic E-state index is 12.4. The number of aromatic nitrogens is 1. The smallest absolute Gasteiger partial charge is 0.227 e. The fourth-order valence-electron chi connectivity index (χ4n) is 3.36. The van der Waals surface area contributed by atoms with E-state index >= 15 is 0 Å². The summed E-state index contributed by atoms with van der Waals surface area (Å²) in [6.45, 7) is 1.97. The van der Waals surface area contributed by atoms with E-state index in [4.69, 9.17) is 0 Å². The highest BCUT2D eigenvalue weighted by Crippen LogP contribution is 2.37. The van der Waals surface area contributed by atoms with Crippen LogP contribution in [-0.2, 0) is 4.79 Å². The topological polar surface area (TPSA) is 69.0 Å². The number of hydrogen-bond acceptors (Lipinski definition) is 4. The molecule has 0 spiro atoms. The first-order chi connectivity index (χ1) is 14.5. The first-order valence-electron chi connectivity index (χ1n) is 9.79. The van der Waals surface area contributed by atoms with Gasteiger partial charge in [-0.05, 0) is 70.6 Å². The molecule has 0 unspecified atom stereocenters. The van der Waals surface area contributed by atoms with Crippen molar-refractivity contribution >= 4 is 39.0 Å². The molecule has 1 aromatic heterocycles. The van der Waals surface area contributed by atoms with Crippen molar-refractivity contribution in [2.75, 3.05) is 17.3 Å². The second kappa shape index (κ2) is 8.29. The number of nitrogens with zero attached hydrogens (tertiary/aromatic N) is 3. The summed E-state index contributed by atoms with van der Waals surface area (Å²) in [5.41, 5.74) is 5.14. The van der Waals surface area contributed by atoms with Crippen LogP contribution in [0.2, 0.25) is 0 Å². The zero-order valence-corrected chi connectivity index (χ0v) is 18.4. The number of rotatable bonds is 5. The van der Waals surface area contributed by atoms with E-state index in [0.29, 0.717) is 11.4 Å². The van der Waals surface area contributed by atoms with Crippen molar-refractivity contribution in [3.8, 4) is 17.2 Å². The molecule has 0 bridgehead atoms. The summed E-state index contributed by atoms with van der Waals surface area (Å²) in [6.07, 6.45) is 3.65. The number of amides is 1. The molecule has 0 radical (unpaired) electrons. The number of hydrogen-bond donors (Lipinski definition) is 1. The first kappa shape index (κ1) is 20.1. The molecule has 5 nitrogen and oxygen atoms in total. The normalized spacial score (nSPS) is 12.9. The molecule has 30 heavy (non-hydrogen) atoms. The van der Waals surface area contributed by atoms with Crippen molar-refractivity contribution in [1.82, 2.24) is 4.98 Å². The van der Waals surface area contributed by atoms with Crippen LogP contribution in [0.5, 0.6) is 0 Å². The molecule has 2 aromatic carbocycles. The summed E-state index contributed by atoms with van der Waals surface area (Å²) in [4.78, 5) is 19.0. The fraction of sp³-hybridized carbons (Fsp3) is 0.208. The van der Waals surface area contributed by atoms with E-state index < -0.39 is 0 Å². The number of benzene rings is 2. The van der Waals surface area contributed by atoms with Crippen LogP contribution in [0.4, 0.5) is 17.2 Å². The largest absolute Gasteiger partial charge is 0.328 e. The minimum Gasteiger partial charge on any atom is -0.328 e. The predicted octanol–water partition coefficient (Wildman–Crippen LogP) is 5.81. The summed E-state index contributed by atoms with van der Waals surface area (Å²) in [5.74, 6) is 0.854. The molecule has 1 amide bonds. The van der Waals surface area contributed by atoms with Gasteiger partial charge in [0.05, 0.1) is 17.3 Å². The van der Waals surface area contributed by atoms with Gasteiger partial charge in [-0.2, -0.15) is 5.26 Å². The van der Waals surface area contributed by atoms with E-state index in [1.165, 1.54) is 0 Å². The second-order valence-corrected chi connectivity index (χ2v) is 8.31. The monoisotopic (exact) mass is 460 g/mol. The van der Waals surface area contributed by atoms with Gasteiger partial charge in [0.25, 0.3) is 0 Å². The Balaban J connectivity index is 1.66. The number of carbonyl (C=O) groups excluding carboxylic acids is 1. The van der Waals surface area contributed by atoms with Crippen LogP contribution in [0.3, 0.4) is 0 Å². The zero-order valence-electron chi connectivity index (χ0n) is 16.8. The molecule has 0 atom stereocenters. The average molecular weight is 461 g/mol. The number of nitriles is 1. The summed E-state index contributed by atoms with van der Waals surface area (Å²) in [6, 6.07) is 17.8. The van der Waals surface area contributed by atoms with Crippen molar-refractivity contribution in [2.24, 2.45) is 5.92 Å². The van der Waals surface area contributed by atoms with Gasteiger partial charge >= 0.3 is 0 Å². The highest BCUT2D eigenvalue weighted by molar-refractivity contribution is 9.10. The molecule has 1 saturated carbocycles. The van der Waals surface area contributed by atoms with E-state index in [1.54, 1.807) is 6.20 Å². The number of anilines is 3. The van der Waals surface area contributed by atoms with Gasteiger partial charge < -0.3 is 10.2 Å². The number of carbonyl (C=O) groups is 1. The Morgan fingerprint density at radius 3 is 2.57 bits per heavy atom. The third-order valence-corrected chi connectivity index (χ3v) is 6.18. The van der Waals surface area contributed by atoms with Crippen LogP contribution in [0.1, 0.15) is 24.0 Å². The zero-order chi connectivity index (χ0) is 21.3. The van der Waals surface area contributed by atoms with E-state index in [9.17, 15) is 10.1 Å². The van der Waals surface area contributed by atoms with Crippen LogP contribution >= 0.6 is 15.9 Å². The van der Waals surface area contributed by atoms with Crippen LogP contribution in [0.15, 0.2) is 59.2 Å². The molecule has 1 N–H and O–H groups in total. The molecule has 0 saturated heterocycles. The average Bonchev–Trinajstić information content (AvgIpc) is 3.62. The Kier molecular flexibility index (Phi) is 5.56. The number of halogens is 1. The first-order valence-corrected chi connectivity index (χ1v) is 10.6. The van der Waals surface area contributed by atoms with Gasteiger partial charge in [0.1, 0.15) is 0 Å². The maximum Gasteiger partial charge on any atom is 0.227 e. The van der Waals surface area contributed by atoms with E-state index in [2.05, 4.69) is 32.3 Å². The van der Waals surface area contributed by atoms with E-state index in [1.807, 2.05) is 67.4 Å². The van der Waals surface area contributed by atoms with Gasteiger partial charge in [-0.25, -0.2) is 4.98 Å². The Labute approximate surface area is 184 Å². The Hall–Kier alpha value is -3.17. The van der Waals surface area contributed by atoms with Crippen LogP contribution in [-0.4, -0.2) is 17.9 Å². The number of nitrogens with one attached hydrogen (secondary N) is 1. The van der Waals surface area contributed by atoms with Crippen LogP contribution in [0.25, 0.3) is 11.1 Å². The van der Waals surface area contributed by atoms with E-state index in [-0.39, 0.29) is 11.8 Å². The molecular formula is C24H21BrN4O. The molecule has 1 aliphatic rings. The van der Waals surface area contributed by atoms with Gasteiger partial charge in [0.15, 0.2) is 5.82 Å². The summed E-state index contributed by atoms with van der Waals surface area (Å²) in [5, 5.41) is 12.4. The van der Waals surface area contributed by atoms with Gasteiger partial charge in [0, 0.05) is 29.3 Å². The Morgan fingerprint density at radius 1 is 1.20 bits per heavy atom.